The van der Waals surface area contributed by atoms with Crippen LogP contribution in [0, 0.1) is 6.92 Å². The molecule has 0 radical (unpaired) electrons. The summed E-state index contributed by atoms with van der Waals surface area (Å²) < 4.78 is 0. The van der Waals surface area contributed by atoms with E-state index >= 15 is 0 Å². The zero-order valence-corrected chi connectivity index (χ0v) is 8.53. The van der Waals surface area contributed by atoms with Crippen LogP contribution in [0.1, 0.15) is 11.1 Å². The molecule has 0 aliphatic heterocycles. The number of aryl methyl sites for hydroxylation is 1. The fraction of sp³-hybridized carbons (Fsp3) is 0.167. The van der Waals surface area contributed by atoms with Gasteiger partial charge in [-0.1, -0.05) is 11.6 Å². The SMILES string of the molecule is Cc1ccc2nccc(CC(N)=O)c2c1. The Morgan fingerprint density at radius 3 is 2.93 bits per heavy atom. The number of nitrogens with two attached hydrogens (primary N) is 1. The van der Waals surface area contributed by atoms with Gasteiger partial charge < -0.3 is 5.73 Å². The lowest BCUT2D eigenvalue weighted by Gasteiger charge is -2.04. The highest BCUT2D eigenvalue weighted by Crippen LogP contribution is 2.18. The van der Waals surface area contributed by atoms with Gasteiger partial charge in [0.2, 0.25) is 5.91 Å². The van der Waals surface area contributed by atoms with Gasteiger partial charge in [0.05, 0.1) is 11.9 Å². The summed E-state index contributed by atoms with van der Waals surface area (Å²) in [5.41, 5.74) is 8.19. The summed E-state index contributed by atoms with van der Waals surface area (Å²) in [5.74, 6) is -0.316. The van der Waals surface area contributed by atoms with Gasteiger partial charge in [0.15, 0.2) is 0 Å². The highest BCUT2D eigenvalue weighted by Gasteiger charge is 2.04. The summed E-state index contributed by atoms with van der Waals surface area (Å²) in [5, 5.41) is 1.01. The molecular weight excluding hydrogens is 188 g/mol. The van der Waals surface area contributed by atoms with Crippen LogP contribution in [-0.4, -0.2) is 10.9 Å². The minimum Gasteiger partial charge on any atom is -0.369 e. The van der Waals surface area contributed by atoms with Gasteiger partial charge in [-0.3, -0.25) is 9.78 Å². The molecule has 0 saturated heterocycles. The molecule has 2 N–H and O–H groups in total. The van der Waals surface area contributed by atoms with Crippen molar-refractivity contribution in [1.29, 1.82) is 0 Å². The first-order valence-electron chi connectivity index (χ1n) is 4.79. The minimum atomic E-state index is -0.316. The Morgan fingerprint density at radius 2 is 2.20 bits per heavy atom. The average molecular weight is 200 g/mol. The van der Waals surface area contributed by atoms with Gasteiger partial charge in [0, 0.05) is 11.6 Å². The van der Waals surface area contributed by atoms with Crippen molar-refractivity contribution in [2.24, 2.45) is 5.73 Å². The van der Waals surface area contributed by atoms with Gasteiger partial charge in [-0.15, -0.1) is 0 Å². The summed E-state index contributed by atoms with van der Waals surface area (Å²) >= 11 is 0. The van der Waals surface area contributed by atoms with Crippen molar-refractivity contribution >= 4 is 16.8 Å². The molecule has 1 aromatic heterocycles. The first-order chi connectivity index (χ1) is 7.16. The van der Waals surface area contributed by atoms with E-state index in [1.807, 2.05) is 31.2 Å². The molecule has 0 aliphatic carbocycles. The second-order valence-electron chi connectivity index (χ2n) is 3.63. The molecule has 0 unspecified atom stereocenters. The van der Waals surface area contributed by atoms with Crippen LogP contribution in [0.3, 0.4) is 0 Å². The van der Waals surface area contributed by atoms with Crippen LogP contribution in [0.15, 0.2) is 30.5 Å². The minimum absolute atomic E-state index is 0.266. The maximum absolute atomic E-state index is 10.9. The number of fused-ring (bicyclic) bond motifs is 1. The lowest BCUT2D eigenvalue weighted by atomic mass is 10.0. The van der Waals surface area contributed by atoms with Gasteiger partial charge in [0.25, 0.3) is 0 Å². The number of rotatable bonds is 2. The largest absolute Gasteiger partial charge is 0.369 e. The maximum atomic E-state index is 10.9. The molecule has 0 spiro atoms. The molecule has 2 rings (SSSR count). The predicted octanol–water partition coefficient (Wildman–Crippen LogP) is 1.57. The summed E-state index contributed by atoms with van der Waals surface area (Å²) in [7, 11) is 0. The van der Waals surface area contributed by atoms with Crippen molar-refractivity contribution in [3.05, 3.63) is 41.6 Å². The third-order valence-corrected chi connectivity index (χ3v) is 2.35. The first kappa shape index (κ1) is 9.65. The van der Waals surface area contributed by atoms with Crippen molar-refractivity contribution in [2.75, 3.05) is 0 Å². The summed E-state index contributed by atoms with van der Waals surface area (Å²) in [6.07, 6.45) is 1.97. The third-order valence-electron chi connectivity index (χ3n) is 2.35. The number of hydrogen-bond donors (Lipinski definition) is 1. The van der Waals surface area contributed by atoms with Gasteiger partial charge in [-0.05, 0) is 30.7 Å². The number of amides is 1. The Balaban J connectivity index is 2.63. The molecule has 0 aliphatic rings. The molecule has 3 nitrogen and oxygen atoms in total. The molecular formula is C12H12N2O. The summed E-state index contributed by atoms with van der Waals surface area (Å²) in [4.78, 5) is 15.1. The Labute approximate surface area is 87.9 Å². The number of carbonyl (C=O) groups excluding carboxylic acids is 1. The topological polar surface area (TPSA) is 56.0 Å². The van der Waals surface area contributed by atoms with Crippen LogP contribution in [0.25, 0.3) is 10.9 Å². The lowest BCUT2D eigenvalue weighted by molar-refractivity contribution is -0.117. The van der Waals surface area contributed by atoms with Gasteiger partial charge >= 0.3 is 0 Å². The number of aromatic nitrogens is 1. The van der Waals surface area contributed by atoms with Crippen LogP contribution < -0.4 is 5.73 Å². The van der Waals surface area contributed by atoms with E-state index in [1.165, 1.54) is 0 Å². The fourth-order valence-corrected chi connectivity index (χ4v) is 1.66. The van der Waals surface area contributed by atoms with Crippen LogP contribution in [0.2, 0.25) is 0 Å². The highest BCUT2D eigenvalue weighted by atomic mass is 16.1. The van der Waals surface area contributed by atoms with E-state index in [-0.39, 0.29) is 12.3 Å². The standard InChI is InChI=1S/C12H12N2O/c1-8-2-3-11-10(6-8)9(4-5-14-11)7-12(13)15/h2-6H,7H2,1H3,(H2,13,15). The van der Waals surface area contributed by atoms with Crippen molar-refractivity contribution in [3.63, 3.8) is 0 Å². The normalized spacial score (nSPS) is 10.5. The van der Waals surface area contributed by atoms with Crippen LogP contribution in [0.5, 0.6) is 0 Å². The molecule has 76 valence electrons. The van der Waals surface area contributed by atoms with Gasteiger partial charge in [-0.2, -0.15) is 0 Å². The molecule has 0 fully saturated rings. The van der Waals surface area contributed by atoms with Crippen molar-refractivity contribution in [1.82, 2.24) is 4.98 Å². The Kier molecular flexibility index (Phi) is 2.37. The molecule has 2 aromatic rings. The molecule has 0 saturated carbocycles. The summed E-state index contributed by atoms with van der Waals surface area (Å²) in [6, 6.07) is 7.83. The van der Waals surface area contributed by atoms with Crippen molar-refractivity contribution < 1.29 is 4.79 Å². The van der Waals surface area contributed by atoms with Crippen molar-refractivity contribution in [3.8, 4) is 0 Å². The number of pyridine rings is 1. The smallest absolute Gasteiger partial charge is 0.221 e. The van der Waals surface area contributed by atoms with Crippen LogP contribution in [-0.2, 0) is 11.2 Å². The molecule has 1 amide bonds. The predicted molar refractivity (Wildman–Crippen MR) is 59.4 cm³/mol. The third kappa shape index (κ3) is 1.96. The van der Waals surface area contributed by atoms with Gasteiger partial charge in [0.1, 0.15) is 0 Å². The number of hydrogen-bond acceptors (Lipinski definition) is 2. The molecule has 3 heteroatoms. The van der Waals surface area contributed by atoms with E-state index in [0.717, 1.165) is 22.0 Å². The zero-order valence-electron chi connectivity index (χ0n) is 8.53. The molecule has 0 atom stereocenters. The van der Waals surface area contributed by atoms with Crippen LogP contribution >= 0.6 is 0 Å². The van der Waals surface area contributed by atoms with E-state index in [1.54, 1.807) is 6.20 Å². The second-order valence-corrected chi connectivity index (χ2v) is 3.63. The van der Waals surface area contributed by atoms with E-state index in [0.29, 0.717) is 0 Å². The van der Waals surface area contributed by atoms with E-state index in [2.05, 4.69) is 4.98 Å². The van der Waals surface area contributed by atoms with E-state index in [9.17, 15) is 4.79 Å². The zero-order chi connectivity index (χ0) is 10.8. The number of benzene rings is 1. The number of carbonyl (C=O) groups is 1. The lowest BCUT2D eigenvalue weighted by Crippen LogP contribution is -2.13. The van der Waals surface area contributed by atoms with E-state index < -0.39 is 0 Å². The van der Waals surface area contributed by atoms with Crippen LogP contribution in [0.4, 0.5) is 0 Å². The molecule has 1 aromatic carbocycles. The fourth-order valence-electron chi connectivity index (χ4n) is 1.66. The average Bonchev–Trinajstić information content (AvgIpc) is 2.18. The van der Waals surface area contributed by atoms with E-state index in [4.69, 9.17) is 5.73 Å². The molecule has 0 bridgehead atoms. The molecule has 15 heavy (non-hydrogen) atoms. The highest BCUT2D eigenvalue weighted by molar-refractivity contribution is 5.87. The first-order valence-corrected chi connectivity index (χ1v) is 4.79. The number of primary amides is 1. The molecule has 1 heterocycles. The Morgan fingerprint density at radius 1 is 1.40 bits per heavy atom. The maximum Gasteiger partial charge on any atom is 0.221 e. The number of nitrogens with zero attached hydrogens (tertiary/aromatic N) is 1. The Bertz CT molecular complexity index is 520. The monoisotopic (exact) mass is 200 g/mol. The Hall–Kier alpha value is -1.90. The van der Waals surface area contributed by atoms with Crippen molar-refractivity contribution in [2.45, 2.75) is 13.3 Å². The van der Waals surface area contributed by atoms with Gasteiger partial charge in [-0.25, -0.2) is 0 Å². The summed E-state index contributed by atoms with van der Waals surface area (Å²) in [6.45, 7) is 2.01. The second kappa shape index (κ2) is 3.69. The quantitative estimate of drug-likeness (QED) is 0.800.